The van der Waals surface area contributed by atoms with Gasteiger partial charge in [-0.05, 0) is 42.0 Å². The van der Waals surface area contributed by atoms with Crippen molar-refractivity contribution in [2.75, 3.05) is 25.6 Å². The van der Waals surface area contributed by atoms with Crippen LogP contribution in [0.25, 0.3) is 0 Å². The molecule has 164 valence electrons. The standard InChI is InChI=1S/C25H24FN3O3/c1-32-14-13-27-24(30)18-5-4-6-20(15-18)28-23-21-7-2-3-8-22(21)25(31)29(23)16-17-9-11-19(26)12-10-17/h2-12,15,23,28H,13-14,16H2,1H3,(H,27,30). The molecule has 1 unspecified atom stereocenters. The number of methoxy groups -OCH3 is 1. The first-order valence-electron chi connectivity index (χ1n) is 10.3. The van der Waals surface area contributed by atoms with Gasteiger partial charge in [0, 0.05) is 42.6 Å². The summed E-state index contributed by atoms with van der Waals surface area (Å²) < 4.78 is 18.3. The molecule has 0 bridgehead atoms. The molecule has 0 saturated heterocycles. The maximum atomic E-state index is 13.3. The predicted octanol–water partition coefficient (Wildman–Crippen LogP) is 3.97. The summed E-state index contributed by atoms with van der Waals surface area (Å²) >= 11 is 0. The van der Waals surface area contributed by atoms with Gasteiger partial charge < -0.3 is 20.3 Å². The van der Waals surface area contributed by atoms with Crippen LogP contribution in [0.2, 0.25) is 0 Å². The topological polar surface area (TPSA) is 70.7 Å². The Kier molecular flexibility index (Phi) is 6.47. The number of amides is 2. The number of benzene rings is 3. The Labute approximate surface area is 186 Å². The van der Waals surface area contributed by atoms with Crippen LogP contribution < -0.4 is 10.6 Å². The van der Waals surface area contributed by atoms with E-state index in [1.54, 1.807) is 48.4 Å². The average molecular weight is 433 g/mol. The third kappa shape index (κ3) is 4.63. The summed E-state index contributed by atoms with van der Waals surface area (Å²) in [5, 5.41) is 6.20. The van der Waals surface area contributed by atoms with Crippen molar-refractivity contribution >= 4 is 17.5 Å². The lowest BCUT2D eigenvalue weighted by molar-refractivity contribution is 0.0728. The van der Waals surface area contributed by atoms with Crippen molar-refractivity contribution in [3.8, 4) is 0 Å². The summed E-state index contributed by atoms with van der Waals surface area (Å²) in [6, 6.07) is 20.7. The molecule has 1 aliphatic rings. The van der Waals surface area contributed by atoms with Crippen molar-refractivity contribution in [2.45, 2.75) is 12.7 Å². The zero-order chi connectivity index (χ0) is 22.5. The largest absolute Gasteiger partial charge is 0.383 e. The number of carbonyl (C=O) groups is 2. The third-order valence-electron chi connectivity index (χ3n) is 5.34. The van der Waals surface area contributed by atoms with Gasteiger partial charge in [-0.1, -0.05) is 36.4 Å². The first-order chi connectivity index (χ1) is 15.6. The van der Waals surface area contributed by atoms with Crippen molar-refractivity contribution in [3.63, 3.8) is 0 Å². The van der Waals surface area contributed by atoms with E-state index in [2.05, 4.69) is 10.6 Å². The highest BCUT2D eigenvalue weighted by molar-refractivity contribution is 5.99. The number of nitrogens with zero attached hydrogens (tertiary/aromatic N) is 1. The van der Waals surface area contributed by atoms with Gasteiger partial charge in [-0.25, -0.2) is 4.39 Å². The van der Waals surface area contributed by atoms with Gasteiger partial charge >= 0.3 is 0 Å². The molecule has 7 heteroatoms. The molecule has 2 amide bonds. The number of ether oxygens (including phenoxy) is 1. The molecule has 2 N–H and O–H groups in total. The fraction of sp³-hybridized carbons (Fsp3) is 0.200. The predicted molar refractivity (Wildman–Crippen MR) is 120 cm³/mol. The molecular formula is C25H24FN3O3. The van der Waals surface area contributed by atoms with Crippen molar-refractivity contribution in [2.24, 2.45) is 0 Å². The lowest BCUT2D eigenvalue weighted by atomic mass is 10.1. The van der Waals surface area contributed by atoms with Gasteiger partial charge in [0.25, 0.3) is 11.8 Å². The van der Waals surface area contributed by atoms with E-state index in [1.807, 2.05) is 24.3 Å². The molecule has 0 fully saturated rings. The Hall–Kier alpha value is -3.71. The number of halogens is 1. The van der Waals surface area contributed by atoms with E-state index in [-0.39, 0.29) is 17.6 Å². The zero-order valence-corrected chi connectivity index (χ0v) is 17.7. The van der Waals surface area contributed by atoms with Crippen LogP contribution in [0.15, 0.2) is 72.8 Å². The van der Waals surface area contributed by atoms with Crippen LogP contribution >= 0.6 is 0 Å². The molecule has 3 aromatic rings. The maximum absolute atomic E-state index is 13.3. The number of rotatable bonds is 8. The van der Waals surface area contributed by atoms with Crippen molar-refractivity contribution in [1.82, 2.24) is 10.2 Å². The molecule has 0 saturated carbocycles. The molecular weight excluding hydrogens is 409 g/mol. The molecule has 32 heavy (non-hydrogen) atoms. The Balaban J connectivity index is 1.58. The lowest BCUT2D eigenvalue weighted by Crippen LogP contribution is -2.32. The minimum atomic E-state index is -0.421. The molecule has 0 radical (unpaired) electrons. The fourth-order valence-electron chi connectivity index (χ4n) is 3.75. The van der Waals surface area contributed by atoms with Crippen LogP contribution in [-0.4, -0.2) is 37.0 Å². The smallest absolute Gasteiger partial charge is 0.256 e. The normalized spacial score (nSPS) is 14.9. The van der Waals surface area contributed by atoms with Crippen LogP contribution in [0.3, 0.4) is 0 Å². The number of nitrogens with one attached hydrogen (secondary N) is 2. The van der Waals surface area contributed by atoms with Crippen molar-refractivity contribution in [3.05, 3.63) is 101 Å². The van der Waals surface area contributed by atoms with E-state index in [1.165, 1.54) is 12.1 Å². The van der Waals surface area contributed by atoms with Gasteiger partial charge in [-0.15, -0.1) is 0 Å². The number of hydrogen-bond acceptors (Lipinski definition) is 4. The van der Waals surface area contributed by atoms with Gasteiger partial charge in [0.15, 0.2) is 0 Å². The molecule has 0 spiro atoms. The molecule has 4 rings (SSSR count). The van der Waals surface area contributed by atoms with Crippen LogP contribution in [0.1, 0.15) is 38.0 Å². The number of fused-ring (bicyclic) bond motifs is 1. The van der Waals surface area contributed by atoms with Crippen LogP contribution in [0.5, 0.6) is 0 Å². The lowest BCUT2D eigenvalue weighted by Gasteiger charge is -2.27. The zero-order valence-electron chi connectivity index (χ0n) is 17.7. The number of anilines is 1. The van der Waals surface area contributed by atoms with Gasteiger partial charge in [0.2, 0.25) is 0 Å². The first-order valence-corrected chi connectivity index (χ1v) is 10.3. The minimum absolute atomic E-state index is 0.101. The van der Waals surface area contributed by atoms with Gasteiger partial charge in [0.1, 0.15) is 12.0 Å². The third-order valence-corrected chi connectivity index (χ3v) is 5.34. The first kappa shape index (κ1) is 21.5. The van der Waals surface area contributed by atoms with Gasteiger partial charge in [-0.2, -0.15) is 0 Å². The second-order valence-corrected chi connectivity index (χ2v) is 7.52. The summed E-state index contributed by atoms with van der Waals surface area (Å²) in [5.74, 6) is -0.618. The van der Waals surface area contributed by atoms with E-state index >= 15 is 0 Å². The maximum Gasteiger partial charge on any atom is 0.256 e. The molecule has 1 aliphatic heterocycles. The van der Waals surface area contributed by atoms with Crippen LogP contribution in [0.4, 0.5) is 10.1 Å². The highest BCUT2D eigenvalue weighted by atomic mass is 19.1. The minimum Gasteiger partial charge on any atom is -0.383 e. The monoisotopic (exact) mass is 433 g/mol. The van der Waals surface area contributed by atoms with Crippen molar-refractivity contribution in [1.29, 1.82) is 0 Å². The Morgan fingerprint density at radius 2 is 1.84 bits per heavy atom. The highest BCUT2D eigenvalue weighted by Gasteiger charge is 2.36. The van der Waals surface area contributed by atoms with E-state index in [4.69, 9.17) is 4.74 Å². The molecule has 0 aliphatic carbocycles. The molecule has 0 aromatic heterocycles. The van der Waals surface area contributed by atoms with Gasteiger partial charge in [0.05, 0.1) is 6.61 Å². The molecule has 3 aromatic carbocycles. The number of hydrogen-bond donors (Lipinski definition) is 2. The Morgan fingerprint density at radius 3 is 2.62 bits per heavy atom. The van der Waals surface area contributed by atoms with E-state index in [0.717, 1.165) is 11.1 Å². The molecule has 1 atom stereocenters. The fourth-order valence-corrected chi connectivity index (χ4v) is 3.75. The SMILES string of the molecule is COCCNC(=O)c1cccc(NC2c3ccccc3C(=O)N2Cc2ccc(F)cc2)c1. The summed E-state index contributed by atoms with van der Waals surface area (Å²) in [5.41, 5.74) is 3.53. The number of carbonyl (C=O) groups excluding carboxylic acids is 2. The Bertz CT molecular complexity index is 1120. The average Bonchev–Trinajstić information content (AvgIpc) is 3.07. The van der Waals surface area contributed by atoms with Gasteiger partial charge in [-0.3, -0.25) is 9.59 Å². The van der Waals surface area contributed by atoms with E-state index in [0.29, 0.717) is 36.5 Å². The quantitative estimate of drug-likeness (QED) is 0.528. The van der Waals surface area contributed by atoms with Crippen molar-refractivity contribution < 1.29 is 18.7 Å². The summed E-state index contributed by atoms with van der Waals surface area (Å²) in [4.78, 5) is 27.2. The summed E-state index contributed by atoms with van der Waals surface area (Å²) in [6.07, 6.45) is -0.421. The van der Waals surface area contributed by atoms with Crippen LogP contribution in [-0.2, 0) is 11.3 Å². The second-order valence-electron chi connectivity index (χ2n) is 7.52. The molecule has 1 heterocycles. The summed E-state index contributed by atoms with van der Waals surface area (Å²) in [6.45, 7) is 1.18. The van der Waals surface area contributed by atoms with E-state index in [9.17, 15) is 14.0 Å². The van der Waals surface area contributed by atoms with Crippen LogP contribution in [0, 0.1) is 5.82 Å². The Morgan fingerprint density at radius 1 is 1.06 bits per heavy atom. The van der Waals surface area contributed by atoms with E-state index < -0.39 is 6.17 Å². The molecule has 6 nitrogen and oxygen atoms in total. The highest BCUT2D eigenvalue weighted by Crippen LogP contribution is 2.35. The second kappa shape index (κ2) is 9.62. The summed E-state index contributed by atoms with van der Waals surface area (Å²) in [7, 11) is 1.58.